The molecule has 2 aliphatic rings. The Morgan fingerprint density at radius 2 is 1.94 bits per heavy atom. The van der Waals surface area contributed by atoms with E-state index in [4.69, 9.17) is 4.74 Å². The molecule has 1 saturated carbocycles. The molecule has 0 N–H and O–H groups in total. The lowest BCUT2D eigenvalue weighted by molar-refractivity contribution is -0.142. The minimum Gasteiger partial charge on any atom is -0.465 e. The minimum absolute atomic E-state index is 0.0264. The highest BCUT2D eigenvalue weighted by molar-refractivity contribution is 5.76. The normalized spacial score (nSPS) is 33.2. The maximum Gasteiger partial charge on any atom is 0.309 e. The van der Waals surface area contributed by atoms with Gasteiger partial charge in [-0.25, -0.2) is 0 Å². The number of hydrogen-bond acceptors (Lipinski definition) is 2. The van der Waals surface area contributed by atoms with Gasteiger partial charge in [-0.2, -0.15) is 0 Å². The summed E-state index contributed by atoms with van der Waals surface area (Å²) in [4.78, 5) is 11.8. The van der Waals surface area contributed by atoms with E-state index in [1.54, 1.807) is 0 Å². The zero-order valence-electron chi connectivity index (χ0n) is 9.26. The predicted octanol–water partition coefficient (Wildman–Crippen LogP) is 2.74. The lowest BCUT2D eigenvalue weighted by Crippen LogP contribution is -2.28. The fourth-order valence-electron chi connectivity index (χ4n) is 3.19. The molecular formula is C14H16O2. The van der Waals surface area contributed by atoms with Crippen molar-refractivity contribution in [3.05, 3.63) is 35.9 Å². The van der Waals surface area contributed by atoms with Crippen molar-refractivity contribution < 1.29 is 9.53 Å². The van der Waals surface area contributed by atoms with Crippen LogP contribution in [0.2, 0.25) is 0 Å². The van der Waals surface area contributed by atoms with E-state index in [1.807, 2.05) is 6.07 Å². The monoisotopic (exact) mass is 216 g/mol. The first kappa shape index (κ1) is 9.88. The molecule has 0 amide bonds. The van der Waals surface area contributed by atoms with Gasteiger partial charge >= 0.3 is 5.97 Å². The highest BCUT2D eigenvalue weighted by Crippen LogP contribution is 2.44. The number of esters is 1. The molecule has 1 heterocycles. The first-order chi connectivity index (χ1) is 7.86. The molecule has 84 valence electrons. The second kappa shape index (κ2) is 3.93. The number of benzene rings is 1. The van der Waals surface area contributed by atoms with E-state index < -0.39 is 0 Å². The Labute approximate surface area is 95.6 Å². The van der Waals surface area contributed by atoms with Gasteiger partial charge in [0, 0.05) is 5.92 Å². The van der Waals surface area contributed by atoms with Crippen molar-refractivity contribution in [2.24, 2.45) is 11.8 Å². The molecule has 1 aromatic rings. The number of carbonyl (C=O) groups is 1. The lowest BCUT2D eigenvalue weighted by Gasteiger charge is -2.30. The van der Waals surface area contributed by atoms with Crippen LogP contribution in [0.5, 0.6) is 0 Å². The first-order valence-corrected chi connectivity index (χ1v) is 6.08. The van der Waals surface area contributed by atoms with E-state index in [0.29, 0.717) is 18.4 Å². The van der Waals surface area contributed by atoms with E-state index in [9.17, 15) is 4.79 Å². The molecule has 2 nitrogen and oxygen atoms in total. The van der Waals surface area contributed by atoms with Gasteiger partial charge in [0.25, 0.3) is 0 Å². The summed E-state index contributed by atoms with van der Waals surface area (Å²) in [7, 11) is 0. The second-order valence-corrected chi connectivity index (χ2v) is 4.86. The van der Waals surface area contributed by atoms with Crippen LogP contribution in [0.15, 0.2) is 30.3 Å². The molecule has 1 aromatic carbocycles. The molecule has 1 aliphatic heterocycles. The molecule has 0 radical (unpaired) electrons. The molecular weight excluding hydrogens is 200 g/mol. The van der Waals surface area contributed by atoms with E-state index in [0.717, 1.165) is 12.8 Å². The van der Waals surface area contributed by atoms with Crippen LogP contribution in [-0.4, -0.2) is 12.6 Å². The van der Waals surface area contributed by atoms with Crippen LogP contribution < -0.4 is 0 Å². The summed E-state index contributed by atoms with van der Waals surface area (Å²) < 4.78 is 5.21. The fraction of sp³-hybridized carbons (Fsp3) is 0.500. The van der Waals surface area contributed by atoms with Gasteiger partial charge in [0.1, 0.15) is 0 Å². The molecule has 16 heavy (non-hydrogen) atoms. The molecule has 2 heteroatoms. The van der Waals surface area contributed by atoms with Crippen LogP contribution in [0.4, 0.5) is 0 Å². The summed E-state index contributed by atoms with van der Waals surface area (Å²) in [5, 5.41) is 0. The van der Waals surface area contributed by atoms with Gasteiger partial charge in [-0.1, -0.05) is 36.8 Å². The van der Waals surface area contributed by atoms with E-state index in [2.05, 4.69) is 24.3 Å². The quantitative estimate of drug-likeness (QED) is 0.675. The van der Waals surface area contributed by atoms with E-state index in [-0.39, 0.29) is 11.9 Å². The lowest BCUT2D eigenvalue weighted by atomic mass is 9.71. The molecule has 3 atom stereocenters. The Morgan fingerprint density at radius 1 is 1.12 bits per heavy atom. The number of fused-ring (bicyclic) bond motifs is 1. The molecule has 1 saturated heterocycles. The number of carbonyl (C=O) groups excluding carboxylic acids is 1. The van der Waals surface area contributed by atoms with Crippen LogP contribution >= 0.6 is 0 Å². The Morgan fingerprint density at radius 3 is 2.75 bits per heavy atom. The molecule has 1 aliphatic carbocycles. The van der Waals surface area contributed by atoms with Crippen LogP contribution in [0, 0.1) is 11.8 Å². The topological polar surface area (TPSA) is 26.3 Å². The Bertz CT molecular complexity index is 385. The highest BCUT2D eigenvalue weighted by atomic mass is 16.5. The standard InChI is InChI=1S/C14H16O2/c15-14-13-11(9-16-14)7-4-8-12(13)10-5-2-1-3-6-10/h1-3,5-6,11-13H,4,7-9H2/t11-,12-,13+/m0/s1. The van der Waals surface area contributed by atoms with Gasteiger partial charge in [0.05, 0.1) is 12.5 Å². The Kier molecular flexibility index (Phi) is 2.43. The van der Waals surface area contributed by atoms with Gasteiger partial charge in [0.2, 0.25) is 0 Å². The summed E-state index contributed by atoms with van der Waals surface area (Å²) in [6.07, 6.45) is 3.50. The Balaban J connectivity index is 1.92. The van der Waals surface area contributed by atoms with Crippen LogP contribution in [0.25, 0.3) is 0 Å². The fourth-order valence-corrected chi connectivity index (χ4v) is 3.19. The summed E-state index contributed by atoms with van der Waals surface area (Å²) in [5.41, 5.74) is 1.30. The minimum atomic E-state index is 0.0264. The summed E-state index contributed by atoms with van der Waals surface area (Å²) in [6, 6.07) is 10.4. The van der Waals surface area contributed by atoms with Crippen molar-refractivity contribution in [3.8, 4) is 0 Å². The van der Waals surface area contributed by atoms with Crippen molar-refractivity contribution in [3.63, 3.8) is 0 Å². The largest absolute Gasteiger partial charge is 0.465 e. The van der Waals surface area contributed by atoms with Gasteiger partial charge in [-0.15, -0.1) is 0 Å². The molecule has 3 rings (SSSR count). The summed E-state index contributed by atoms with van der Waals surface area (Å²) in [5.74, 6) is 0.996. The zero-order valence-corrected chi connectivity index (χ0v) is 9.26. The third kappa shape index (κ3) is 1.53. The third-order valence-corrected chi connectivity index (χ3v) is 3.97. The molecule has 0 bridgehead atoms. The maximum atomic E-state index is 11.8. The maximum absolute atomic E-state index is 11.8. The number of ether oxygens (including phenoxy) is 1. The molecule has 0 aromatic heterocycles. The van der Waals surface area contributed by atoms with Gasteiger partial charge in [-0.05, 0) is 24.3 Å². The van der Waals surface area contributed by atoms with Crippen molar-refractivity contribution >= 4 is 5.97 Å². The highest BCUT2D eigenvalue weighted by Gasteiger charge is 2.44. The summed E-state index contributed by atoms with van der Waals surface area (Å²) in [6.45, 7) is 0.646. The molecule has 0 spiro atoms. The van der Waals surface area contributed by atoms with Gasteiger partial charge in [-0.3, -0.25) is 4.79 Å². The van der Waals surface area contributed by atoms with Crippen LogP contribution in [-0.2, 0) is 9.53 Å². The van der Waals surface area contributed by atoms with E-state index >= 15 is 0 Å². The van der Waals surface area contributed by atoms with E-state index in [1.165, 1.54) is 12.0 Å². The SMILES string of the molecule is O=C1OC[C@@H]2CCC[C@@H](c3ccccc3)[C@H]12. The second-order valence-electron chi connectivity index (χ2n) is 4.86. The third-order valence-electron chi connectivity index (χ3n) is 3.97. The Hall–Kier alpha value is -1.31. The molecule has 0 unspecified atom stereocenters. The smallest absolute Gasteiger partial charge is 0.309 e. The van der Waals surface area contributed by atoms with Crippen molar-refractivity contribution in [2.75, 3.05) is 6.61 Å². The van der Waals surface area contributed by atoms with Crippen molar-refractivity contribution in [1.82, 2.24) is 0 Å². The van der Waals surface area contributed by atoms with Crippen LogP contribution in [0.3, 0.4) is 0 Å². The van der Waals surface area contributed by atoms with Gasteiger partial charge < -0.3 is 4.74 Å². The first-order valence-electron chi connectivity index (χ1n) is 6.08. The number of cyclic esters (lactones) is 1. The van der Waals surface area contributed by atoms with Crippen molar-refractivity contribution in [1.29, 1.82) is 0 Å². The average molecular weight is 216 g/mol. The zero-order chi connectivity index (χ0) is 11.0. The average Bonchev–Trinajstić information content (AvgIpc) is 2.73. The summed E-state index contributed by atoms with van der Waals surface area (Å²) >= 11 is 0. The predicted molar refractivity (Wildman–Crippen MR) is 61.0 cm³/mol. The van der Waals surface area contributed by atoms with Crippen molar-refractivity contribution in [2.45, 2.75) is 25.2 Å². The number of hydrogen-bond donors (Lipinski definition) is 0. The molecule has 2 fully saturated rings. The van der Waals surface area contributed by atoms with Crippen LogP contribution in [0.1, 0.15) is 30.7 Å². The number of rotatable bonds is 1. The van der Waals surface area contributed by atoms with Gasteiger partial charge in [0.15, 0.2) is 0 Å².